The van der Waals surface area contributed by atoms with Gasteiger partial charge in [0.15, 0.2) is 0 Å². The maximum absolute atomic E-state index is 13.8. The summed E-state index contributed by atoms with van der Waals surface area (Å²) < 4.78 is 43.2. The molecule has 0 fully saturated rings. The van der Waals surface area contributed by atoms with Crippen LogP contribution in [0.1, 0.15) is 5.76 Å². The van der Waals surface area contributed by atoms with Crippen LogP contribution in [0, 0.1) is 5.82 Å². The van der Waals surface area contributed by atoms with E-state index in [9.17, 15) is 17.6 Å². The fourth-order valence-corrected chi connectivity index (χ4v) is 2.68. The van der Waals surface area contributed by atoms with Crippen molar-refractivity contribution in [1.29, 1.82) is 0 Å². The van der Waals surface area contributed by atoms with E-state index in [1.165, 1.54) is 24.5 Å². The monoisotopic (exact) mass is 326 g/mol. The highest BCUT2D eigenvalue weighted by Gasteiger charge is 2.23. The van der Waals surface area contributed by atoms with Gasteiger partial charge in [-0.1, -0.05) is 12.1 Å². The van der Waals surface area contributed by atoms with Crippen molar-refractivity contribution in [3.05, 3.63) is 54.2 Å². The largest absolute Gasteiger partial charge is 0.467 e. The highest BCUT2D eigenvalue weighted by molar-refractivity contribution is 7.92. The average Bonchev–Trinajstić information content (AvgIpc) is 2.95. The molecule has 1 N–H and O–H groups in total. The lowest BCUT2D eigenvalue weighted by Crippen LogP contribution is -2.40. The minimum atomic E-state index is -3.80. The van der Waals surface area contributed by atoms with Crippen molar-refractivity contribution in [2.24, 2.45) is 0 Å². The van der Waals surface area contributed by atoms with E-state index < -0.39 is 28.3 Å². The fourth-order valence-electron chi connectivity index (χ4n) is 1.82. The molecular formula is C14H15FN2O4S. The van der Waals surface area contributed by atoms with E-state index in [4.69, 9.17) is 4.42 Å². The van der Waals surface area contributed by atoms with Gasteiger partial charge >= 0.3 is 0 Å². The summed E-state index contributed by atoms with van der Waals surface area (Å²) in [5.41, 5.74) is -0.168. The summed E-state index contributed by atoms with van der Waals surface area (Å²) in [7, 11) is -3.80. The van der Waals surface area contributed by atoms with Gasteiger partial charge in [0, 0.05) is 0 Å². The Morgan fingerprint density at radius 2 is 2.00 bits per heavy atom. The Balaban J connectivity index is 2.11. The number of anilines is 1. The molecule has 1 aromatic heterocycles. The Morgan fingerprint density at radius 1 is 1.27 bits per heavy atom. The van der Waals surface area contributed by atoms with E-state index in [1.54, 1.807) is 12.1 Å². The Morgan fingerprint density at radius 3 is 2.59 bits per heavy atom. The van der Waals surface area contributed by atoms with Gasteiger partial charge in [-0.05, 0) is 24.3 Å². The molecule has 0 radical (unpaired) electrons. The van der Waals surface area contributed by atoms with Crippen LogP contribution in [-0.4, -0.2) is 27.1 Å². The zero-order valence-corrected chi connectivity index (χ0v) is 12.6. The third-order valence-electron chi connectivity index (χ3n) is 2.85. The molecule has 0 aliphatic carbocycles. The molecular weight excluding hydrogens is 311 g/mol. The molecule has 0 unspecified atom stereocenters. The zero-order valence-electron chi connectivity index (χ0n) is 11.8. The molecule has 2 rings (SSSR count). The van der Waals surface area contributed by atoms with Gasteiger partial charge in [-0.25, -0.2) is 12.8 Å². The number of amides is 1. The number of rotatable bonds is 6. The normalized spacial score (nSPS) is 11.2. The van der Waals surface area contributed by atoms with Crippen LogP contribution in [0.3, 0.4) is 0 Å². The predicted octanol–water partition coefficient (Wildman–Crippen LogP) is 1.50. The lowest BCUT2D eigenvalue weighted by atomic mass is 10.3. The first-order valence-corrected chi connectivity index (χ1v) is 8.24. The number of nitrogens with one attached hydrogen (secondary N) is 1. The summed E-state index contributed by atoms with van der Waals surface area (Å²) in [5.74, 6) is -0.748. The number of hydrogen-bond donors (Lipinski definition) is 1. The van der Waals surface area contributed by atoms with Crippen LogP contribution < -0.4 is 9.62 Å². The number of benzene rings is 1. The number of sulfonamides is 1. The highest BCUT2D eigenvalue weighted by atomic mass is 32.2. The number of halogens is 1. The average molecular weight is 326 g/mol. The molecule has 0 bridgehead atoms. The van der Waals surface area contributed by atoms with Crippen LogP contribution >= 0.6 is 0 Å². The van der Waals surface area contributed by atoms with E-state index in [-0.39, 0.29) is 12.2 Å². The van der Waals surface area contributed by atoms with Gasteiger partial charge < -0.3 is 9.73 Å². The van der Waals surface area contributed by atoms with Gasteiger partial charge in [-0.3, -0.25) is 9.10 Å². The summed E-state index contributed by atoms with van der Waals surface area (Å²) in [6, 6.07) is 8.72. The number of furan rings is 1. The van der Waals surface area contributed by atoms with Crippen LogP contribution in [-0.2, 0) is 21.4 Å². The van der Waals surface area contributed by atoms with E-state index in [2.05, 4.69) is 5.32 Å². The summed E-state index contributed by atoms with van der Waals surface area (Å²) in [6.07, 6.45) is 2.38. The molecule has 1 aromatic carbocycles. The molecule has 2 aromatic rings. The molecule has 0 atom stereocenters. The Labute approximate surface area is 127 Å². The topological polar surface area (TPSA) is 79.6 Å². The lowest BCUT2D eigenvalue weighted by molar-refractivity contribution is -0.119. The number of para-hydroxylation sites is 1. The molecule has 118 valence electrons. The second kappa shape index (κ2) is 6.61. The van der Waals surface area contributed by atoms with Crippen molar-refractivity contribution in [3.63, 3.8) is 0 Å². The van der Waals surface area contributed by atoms with Crippen molar-refractivity contribution in [3.8, 4) is 0 Å². The van der Waals surface area contributed by atoms with Gasteiger partial charge in [-0.2, -0.15) is 0 Å². The second-order valence-electron chi connectivity index (χ2n) is 4.58. The first-order chi connectivity index (χ1) is 10.4. The first kappa shape index (κ1) is 16.0. The third-order valence-corrected chi connectivity index (χ3v) is 3.98. The predicted molar refractivity (Wildman–Crippen MR) is 79.1 cm³/mol. The minimum Gasteiger partial charge on any atom is -0.467 e. The van der Waals surface area contributed by atoms with Crippen molar-refractivity contribution in [2.75, 3.05) is 17.1 Å². The number of carbonyl (C=O) groups excluding carboxylic acids is 1. The minimum absolute atomic E-state index is 0.126. The van der Waals surface area contributed by atoms with Crippen LogP contribution in [0.4, 0.5) is 10.1 Å². The van der Waals surface area contributed by atoms with Gasteiger partial charge in [0.05, 0.1) is 24.8 Å². The van der Waals surface area contributed by atoms with Crippen LogP contribution in [0.2, 0.25) is 0 Å². The number of nitrogens with zero attached hydrogens (tertiary/aromatic N) is 1. The van der Waals surface area contributed by atoms with Gasteiger partial charge in [-0.15, -0.1) is 0 Å². The molecule has 22 heavy (non-hydrogen) atoms. The van der Waals surface area contributed by atoms with Gasteiger partial charge in [0.25, 0.3) is 0 Å². The number of carbonyl (C=O) groups is 1. The maximum atomic E-state index is 13.8. The van der Waals surface area contributed by atoms with E-state index in [1.807, 2.05) is 0 Å². The molecule has 0 spiro atoms. The lowest BCUT2D eigenvalue weighted by Gasteiger charge is -2.22. The first-order valence-electron chi connectivity index (χ1n) is 6.39. The second-order valence-corrected chi connectivity index (χ2v) is 6.48. The Hall–Kier alpha value is -2.35. The maximum Gasteiger partial charge on any atom is 0.241 e. The Bertz CT molecular complexity index is 744. The molecule has 0 saturated heterocycles. The van der Waals surface area contributed by atoms with Crippen LogP contribution in [0.15, 0.2) is 47.1 Å². The molecule has 1 amide bonds. The molecule has 8 heteroatoms. The van der Waals surface area contributed by atoms with Crippen LogP contribution in [0.25, 0.3) is 0 Å². The summed E-state index contributed by atoms with van der Waals surface area (Å²) in [5, 5.41) is 2.52. The van der Waals surface area contributed by atoms with E-state index in [0.717, 1.165) is 16.6 Å². The molecule has 6 nitrogen and oxygen atoms in total. The summed E-state index contributed by atoms with van der Waals surface area (Å²) in [6.45, 7) is -0.388. The smallest absolute Gasteiger partial charge is 0.241 e. The van der Waals surface area contributed by atoms with Crippen LogP contribution in [0.5, 0.6) is 0 Å². The SMILES string of the molecule is CS(=O)(=O)N(CC(=O)NCc1ccco1)c1ccccc1F. The summed E-state index contributed by atoms with van der Waals surface area (Å²) in [4.78, 5) is 11.9. The molecule has 0 aliphatic rings. The van der Waals surface area contributed by atoms with Crippen molar-refractivity contribution >= 4 is 21.6 Å². The third kappa shape index (κ3) is 4.08. The van der Waals surface area contributed by atoms with E-state index >= 15 is 0 Å². The molecule has 0 aliphatic heterocycles. The number of hydrogen-bond acceptors (Lipinski definition) is 4. The Kier molecular flexibility index (Phi) is 4.81. The standard InChI is InChI=1S/C14H15FN2O4S/c1-22(19,20)17(13-7-3-2-6-12(13)15)10-14(18)16-9-11-5-4-8-21-11/h2-8H,9-10H2,1H3,(H,16,18). The van der Waals surface area contributed by atoms with Crippen molar-refractivity contribution in [2.45, 2.75) is 6.54 Å². The fraction of sp³-hybridized carbons (Fsp3) is 0.214. The summed E-state index contributed by atoms with van der Waals surface area (Å²) >= 11 is 0. The van der Waals surface area contributed by atoms with Gasteiger partial charge in [0.1, 0.15) is 18.1 Å². The molecule has 1 heterocycles. The van der Waals surface area contributed by atoms with Crippen molar-refractivity contribution < 1.29 is 22.0 Å². The zero-order chi connectivity index (χ0) is 16.2. The van der Waals surface area contributed by atoms with E-state index in [0.29, 0.717) is 5.76 Å². The van der Waals surface area contributed by atoms with Gasteiger partial charge in [0.2, 0.25) is 15.9 Å². The quantitative estimate of drug-likeness (QED) is 0.872. The highest BCUT2D eigenvalue weighted by Crippen LogP contribution is 2.20. The molecule has 0 saturated carbocycles. The van der Waals surface area contributed by atoms with Crippen molar-refractivity contribution in [1.82, 2.24) is 5.32 Å².